The highest BCUT2D eigenvalue weighted by Gasteiger charge is 2.32. The molecule has 1 saturated heterocycles. The Hall–Kier alpha value is -4.57. The summed E-state index contributed by atoms with van der Waals surface area (Å²) in [6.07, 6.45) is 1.40. The average Bonchev–Trinajstić information content (AvgIpc) is 3.42. The lowest BCUT2D eigenvalue weighted by Crippen LogP contribution is -2.57. The number of fused-ring (bicyclic) bond motifs is 1. The van der Waals surface area contributed by atoms with Crippen LogP contribution in [0.4, 0.5) is 0 Å². The molecule has 42 heavy (non-hydrogen) atoms. The Morgan fingerprint density at radius 3 is 2.67 bits per heavy atom. The van der Waals surface area contributed by atoms with Crippen molar-refractivity contribution in [2.45, 2.75) is 44.5 Å². The maximum Gasteiger partial charge on any atom is 0.258 e. The highest BCUT2D eigenvalue weighted by atomic mass is 16.5. The third kappa shape index (κ3) is 6.66. The van der Waals surface area contributed by atoms with Crippen LogP contribution in [0.2, 0.25) is 0 Å². The molecule has 6 heterocycles. The van der Waals surface area contributed by atoms with E-state index in [0.29, 0.717) is 44.0 Å². The first-order valence-electron chi connectivity index (χ1n) is 14.3. The van der Waals surface area contributed by atoms with Crippen LogP contribution in [-0.2, 0) is 29.1 Å². The van der Waals surface area contributed by atoms with Crippen molar-refractivity contribution in [2.24, 2.45) is 0 Å². The lowest BCUT2D eigenvalue weighted by molar-refractivity contribution is -0.125. The first kappa shape index (κ1) is 27.6. The van der Waals surface area contributed by atoms with Gasteiger partial charge in [0.2, 0.25) is 5.91 Å². The number of nitrogens with one attached hydrogen (secondary N) is 3. The van der Waals surface area contributed by atoms with Gasteiger partial charge in [0.15, 0.2) is 18.1 Å². The number of benzene rings is 3. The number of para-hydroxylation sites is 2. The van der Waals surface area contributed by atoms with Gasteiger partial charge >= 0.3 is 0 Å². The molecule has 0 radical (unpaired) electrons. The van der Waals surface area contributed by atoms with E-state index >= 15 is 0 Å². The second kappa shape index (κ2) is 12.5. The molecule has 3 aromatic carbocycles. The van der Waals surface area contributed by atoms with E-state index in [1.54, 1.807) is 13.2 Å². The molecule has 0 spiro atoms. The molecule has 10 nitrogen and oxygen atoms in total. The van der Waals surface area contributed by atoms with Crippen molar-refractivity contribution in [3.8, 4) is 17.2 Å². The number of hydrogen-bond acceptors (Lipinski definition) is 7. The minimum atomic E-state index is -0.270. The predicted molar refractivity (Wildman–Crippen MR) is 157 cm³/mol. The van der Waals surface area contributed by atoms with Crippen LogP contribution in [0.15, 0.2) is 66.7 Å². The van der Waals surface area contributed by atoms with Crippen molar-refractivity contribution in [2.75, 3.05) is 26.8 Å². The molecule has 2 atom stereocenters. The maximum atomic E-state index is 13.1. The number of aromatic nitrogens is 2. The molecular formula is C32H35N5O5. The van der Waals surface area contributed by atoms with E-state index in [1.165, 1.54) is 0 Å². The van der Waals surface area contributed by atoms with Crippen LogP contribution < -0.4 is 24.8 Å². The van der Waals surface area contributed by atoms with E-state index in [4.69, 9.17) is 19.2 Å². The highest BCUT2D eigenvalue weighted by Crippen LogP contribution is 2.29. The molecule has 5 aliphatic rings. The fourth-order valence-electron chi connectivity index (χ4n) is 5.50. The van der Waals surface area contributed by atoms with Crippen LogP contribution in [0.1, 0.15) is 29.8 Å². The van der Waals surface area contributed by atoms with Gasteiger partial charge in [-0.15, -0.1) is 0 Å². The van der Waals surface area contributed by atoms with E-state index in [-0.39, 0.29) is 30.6 Å². The molecule has 4 aromatic rings. The van der Waals surface area contributed by atoms with Gasteiger partial charge in [0.25, 0.3) is 5.91 Å². The molecule has 218 valence electrons. The molecule has 0 aliphatic carbocycles. The number of carbonyl (C=O) groups is 2. The average molecular weight is 570 g/mol. The molecule has 9 rings (SSSR count). The zero-order chi connectivity index (χ0) is 28.9. The first-order chi connectivity index (χ1) is 20.5. The van der Waals surface area contributed by atoms with Crippen LogP contribution >= 0.6 is 0 Å². The molecule has 2 amide bonds. The molecule has 3 N–H and O–H groups in total. The number of H-pyrrole nitrogens is 1. The quantitative estimate of drug-likeness (QED) is 0.346. The van der Waals surface area contributed by atoms with Gasteiger partial charge in [0.1, 0.15) is 17.7 Å². The lowest BCUT2D eigenvalue weighted by Gasteiger charge is -2.38. The molecule has 10 heteroatoms. The predicted octanol–water partition coefficient (Wildman–Crippen LogP) is 3.35. The van der Waals surface area contributed by atoms with Gasteiger partial charge in [-0.05, 0) is 60.4 Å². The third-order valence-corrected chi connectivity index (χ3v) is 7.72. The van der Waals surface area contributed by atoms with Crippen LogP contribution in [0.25, 0.3) is 11.0 Å². The molecule has 5 aliphatic heterocycles. The molecule has 4 bridgehead atoms. The Morgan fingerprint density at radius 1 is 1.00 bits per heavy atom. The minimum Gasteiger partial charge on any atom is -0.493 e. The van der Waals surface area contributed by atoms with Crippen molar-refractivity contribution in [3.63, 3.8) is 0 Å². The summed E-state index contributed by atoms with van der Waals surface area (Å²) < 4.78 is 17.8. The number of ether oxygens (including phenoxy) is 3. The summed E-state index contributed by atoms with van der Waals surface area (Å²) in [5.74, 6) is 2.32. The summed E-state index contributed by atoms with van der Waals surface area (Å²) >= 11 is 0. The number of amides is 2. The van der Waals surface area contributed by atoms with Gasteiger partial charge in [-0.2, -0.15) is 0 Å². The number of nitrogens with zero attached hydrogens (tertiary/aromatic N) is 2. The van der Waals surface area contributed by atoms with Gasteiger partial charge in [-0.1, -0.05) is 30.3 Å². The van der Waals surface area contributed by atoms with Gasteiger partial charge in [-0.3, -0.25) is 14.5 Å². The fourth-order valence-corrected chi connectivity index (χ4v) is 5.50. The zero-order valence-corrected chi connectivity index (χ0v) is 23.6. The Balaban J connectivity index is 1.21. The molecule has 1 aromatic heterocycles. The Bertz CT molecular complexity index is 1520. The van der Waals surface area contributed by atoms with E-state index in [2.05, 4.69) is 20.5 Å². The maximum absolute atomic E-state index is 13.1. The highest BCUT2D eigenvalue weighted by molar-refractivity contribution is 5.78. The summed E-state index contributed by atoms with van der Waals surface area (Å²) in [5.41, 5.74) is 3.87. The second-order valence-electron chi connectivity index (χ2n) is 10.7. The molecule has 0 unspecified atom stereocenters. The largest absolute Gasteiger partial charge is 0.493 e. The van der Waals surface area contributed by atoms with Crippen LogP contribution in [0, 0.1) is 0 Å². The number of methoxy groups -OCH3 is 1. The molecule has 1 fully saturated rings. The van der Waals surface area contributed by atoms with Crippen molar-refractivity contribution >= 4 is 22.8 Å². The number of piperidine rings is 1. The summed E-state index contributed by atoms with van der Waals surface area (Å²) in [4.78, 5) is 36.0. The summed E-state index contributed by atoms with van der Waals surface area (Å²) in [5, 5.41) is 6.15. The van der Waals surface area contributed by atoms with E-state index in [1.807, 2.05) is 60.7 Å². The SMILES string of the molecule is COc1cc2ccc1OCC(=O)N[C@@H]1CN(Cc3nc4ccccc4[nH]3)CC[C@H]1Oc1ccc(cc1)CNC(=O)CC2. The number of aryl methyl sites for hydroxylation is 1. The van der Waals surface area contributed by atoms with Gasteiger partial charge in [0, 0.05) is 26.1 Å². The van der Waals surface area contributed by atoms with Crippen LogP contribution in [-0.4, -0.2) is 65.6 Å². The minimum absolute atomic E-state index is 0.0297. The fraction of sp³-hybridized carbons (Fsp3) is 0.344. The first-order valence-corrected chi connectivity index (χ1v) is 14.3. The molecule has 0 saturated carbocycles. The van der Waals surface area contributed by atoms with Gasteiger partial charge in [0.05, 0.1) is 30.7 Å². The van der Waals surface area contributed by atoms with Gasteiger partial charge in [-0.25, -0.2) is 4.98 Å². The number of carbonyl (C=O) groups excluding carboxylic acids is 2. The van der Waals surface area contributed by atoms with Crippen LogP contribution in [0.5, 0.6) is 17.2 Å². The Morgan fingerprint density at radius 2 is 1.83 bits per heavy atom. The van der Waals surface area contributed by atoms with Crippen molar-refractivity contribution < 1.29 is 23.8 Å². The van der Waals surface area contributed by atoms with E-state index < -0.39 is 0 Å². The van der Waals surface area contributed by atoms with Gasteiger partial charge < -0.3 is 29.8 Å². The number of rotatable bonds is 3. The van der Waals surface area contributed by atoms with Crippen molar-refractivity contribution in [1.82, 2.24) is 25.5 Å². The summed E-state index contributed by atoms with van der Waals surface area (Å²) in [7, 11) is 1.56. The summed E-state index contributed by atoms with van der Waals surface area (Å²) in [6.45, 7) is 2.29. The van der Waals surface area contributed by atoms with E-state index in [9.17, 15) is 9.59 Å². The lowest BCUT2D eigenvalue weighted by atomic mass is 10.0. The standard InChI is InChI=1S/C32H35N5O5/c1-40-29-16-21-8-12-28(29)41-20-32(39)36-26-18-37(19-30-34-24-4-2-3-5-25(24)35-30)15-14-27(26)42-23-10-6-22(7-11-23)17-33-31(38)13-9-21/h2-8,10-12,16,26-27H,9,13-15,17-20H2,1H3,(H,33,38)(H,34,35)(H,36,39)/t26-,27-/m1/s1. The second-order valence-corrected chi connectivity index (χ2v) is 10.7. The topological polar surface area (TPSA) is 118 Å². The number of aromatic amines is 1. The third-order valence-electron chi connectivity index (χ3n) is 7.72. The Kier molecular flexibility index (Phi) is 8.23. The smallest absolute Gasteiger partial charge is 0.258 e. The number of hydrogen-bond donors (Lipinski definition) is 3. The summed E-state index contributed by atoms with van der Waals surface area (Å²) in [6, 6.07) is 21.0. The number of likely N-dealkylation sites (tertiary alicyclic amines) is 1. The van der Waals surface area contributed by atoms with E-state index in [0.717, 1.165) is 46.7 Å². The van der Waals surface area contributed by atoms with Crippen LogP contribution in [0.3, 0.4) is 0 Å². The number of imidazole rings is 1. The van der Waals surface area contributed by atoms with Crippen molar-refractivity contribution in [1.29, 1.82) is 0 Å². The zero-order valence-electron chi connectivity index (χ0n) is 23.6. The monoisotopic (exact) mass is 569 g/mol. The Labute approximate surface area is 244 Å². The van der Waals surface area contributed by atoms with Crippen molar-refractivity contribution in [3.05, 3.63) is 83.7 Å². The normalized spacial score (nSPS) is 20.2. The molecular weight excluding hydrogens is 534 g/mol.